The van der Waals surface area contributed by atoms with Crippen LogP contribution in [0.25, 0.3) is 0 Å². The second-order valence-electron chi connectivity index (χ2n) is 3.75. The van der Waals surface area contributed by atoms with Gasteiger partial charge in [-0.15, -0.1) is 0 Å². The molecule has 0 aliphatic heterocycles. The number of rotatable bonds is 3. The van der Waals surface area contributed by atoms with E-state index in [0.717, 1.165) is 5.82 Å². The van der Waals surface area contributed by atoms with Crippen molar-refractivity contribution in [1.82, 2.24) is 14.8 Å². The fraction of sp³-hybridized carbons (Fsp3) is 0.273. The Labute approximate surface area is 107 Å². The van der Waals surface area contributed by atoms with Crippen molar-refractivity contribution in [3.8, 4) is 0 Å². The van der Waals surface area contributed by atoms with E-state index in [1.807, 2.05) is 0 Å². The van der Waals surface area contributed by atoms with E-state index in [4.69, 9.17) is 5.73 Å². The fourth-order valence-corrected chi connectivity index (χ4v) is 2.30. The SMILES string of the molecule is Cn1ncnc1CC(N)c1c(F)cccc1Br. The molecule has 17 heavy (non-hydrogen) atoms. The molecule has 0 fully saturated rings. The van der Waals surface area contributed by atoms with Crippen molar-refractivity contribution < 1.29 is 4.39 Å². The van der Waals surface area contributed by atoms with Gasteiger partial charge in [0.25, 0.3) is 0 Å². The average Bonchev–Trinajstić information content (AvgIpc) is 2.64. The molecular formula is C11H12BrFN4. The van der Waals surface area contributed by atoms with E-state index in [1.54, 1.807) is 23.9 Å². The summed E-state index contributed by atoms with van der Waals surface area (Å²) >= 11 is 3.31. The van der Waals surface area contributed by atoms with Gasteiger partial charge in [-0.2, -0.15) is 5.10 Å². The van der Waals surface area contributed by atoms with Gasteiger partial charge in [-0.1, -0.05) is 22.0 Å². The highest BCUT2D eigenvalue weighted by atomic mass is 79.9. The molecule has 0 saturated carbocycles. The second-order valence-corrected chi connectivity index (χ2v) is 4.60. The number of hydrogen-bond donors (Lipinski definition) is 1. The number of nitrogens with zero attached hydrogens (tertiary/aromatic N) is 3. The van der Waals surface area contributed by atoms with E-state index in [9.17, 15) is 4.39 Å². The Bertz CT molecular complexity index is 506. The molecule has 2 rings (SSSR count). The Hall–Kier alpha value is -1.27. The van der Waals surface area contributed by atoms with Crippen LogP contribution in [0.2, 0.25) is 0 Å². The van der Waals surface area contributed by atoms with Crippen LogP contribution < -0.4 is 5.73 Å². The zero-order valence-corrected chi connectivity index (χ0v) is 10.9. The number of nitrogens with two attached hydrogens (primary N) is 1. The third-order valence-corrected chi connectivity index (χ3v) is 3.27. The number of aromatic nitrogens is 3. The minimum Gasteiger partial charge on any atom is -0.323 e. The van der Waals surface area contributed by atoms with Gasteiger partial charge in [0.05, 0.1) is 0 Å². The average molecular weight is 299 g/mol. The van der Waals surface area contributed by atoms with Gasteiger partial charge in [-0.25, -0.2) is 9.37 Å². The molecule has 0 aliphatic carbocycles. The standard InChI is InChI=1S/C11H12BrFN4/c1-17-10(15-6-16-17)5-9(14)11-7(12)3-2-4-8(11)13/h2-4,6,9H,5,14H2,1H3. The highest BCUT2D eigenvalue weighted by Crippen LogP contribution is 2.26. The molecular weight excluding hydrogens is 287 g/mol. The van der Waals surface area contributed by atoms with Crippen molar-refractivity contribution >= 4 is 15.9 Å². The molecule has 0 spiro atoms. The van der Waals surface area contributed by atoms with Gasteiger partial charge in [0.1, 0.15) is 18.0 Å². The summed E-state index contributed by atoms with van der Waals surface area (Å²) in [6.45, 7) is 0. The van der Waals surface area contributed by atoms with Crippen LogP contribution in [0.4, 0.5) is 4.39 Å². The highest BCUT2D eigenvalue weighted by molar-refractivity contribution is 9.10. The first-order chi connectivity index (χ1) is 8.09. The molecule has 2 aromatic rings. The first-order valence-electron chi connectivity index (χ1n) is 5.12. The number of benzene rings is 1. The van der Waals surface area contributed by atoms with E-state index in [0.29, 0.717) is 16.5 Å². The summed E-state index contributed by atoms with van der Waals surface area (Å²) in [6.07, 6.45) is 1.90. The zero-order valence-electron chi connectivity index (χ0n) is 9.27. The van der Waals surface area contributed by atoms with E-state index in [1.165, 1.54) is 12.4 Å². The molecule has 1 aromatic carbocycles. The van der Waals surface area contributed by atoms with Crippen LogP contribution in [0.3, 0.4) is 0 Å². The number of hydrogen-bond acceptors (Lipinski definition) is 3. The molecule has 6 heteroatoms. The van der Waals surface area contributed by atoms with Gasteiger partial charge in [-0.05, 0) is 12.1 Å². The minimum atomic E-state index is -0.450. The van der Waals surface area contributed by atoms with Gasteiger partial charge in [0.2, 0.25) is 0 Å². The predicted molar refractivity (Wildman–Crippen MR) is 65.7 cm³/mol. The maximum atomic E-state index is 13.7. The van der Waals surface area contributed by atoms with Gasteiger partial charge in [-0.3, -0.25) is 4.68 Å². The van der Waals surface area contributed by atoms with Crippen molar-refractivity contribution in [3.05, 3.63) is 46.2 Å². The van der Waals surface area contributed by atoms with Crippen LogP contribution in [0, 0.1) is 5.82 Å². The predicted octanol–water partition coefficient (Wildman–Crippen LogP) is 1.96. The lowest BCUT2D eigenvalue weighted by Gasteiger charge is -2.14. The third-order valence-electron chi connectivity index (χ3n) is 2.58. The Balaban J connectivity index is 2.26. The van der Waals surface area contributed by atoms with E-state index < -0.39 is 6.04 Å². The summed E-state index contributed by atoms with van der Waals surface area (Å²) in [7, 11) is 1.78. The quantitative estimate of drug-likeness (QED) is 0.942. The van der Waals surface area contributed by atoms with Crippen LogP contribution in [-0.4, -0.2) is 14.8 Å². The molecule has 90 valence electrons. The van der Waals surface area contributed by atoms with Crippen LogP contribution >= 0.6 is 15.9 Å². The summed E-state index contributed by atoms with van der Waals surface area (Å²) in [6, 6.07) is 4.36. The first-order valence-corrected chi connectivity index (χ1v) is 5.91. The Kier molecular flexibility index (Phi) is 3.54. The summed E-state index contributed by atoms with van der Waals surface area (Å²) in [5, 5.41) is 3.95. The van der Waals surface area contributed by atoms with Crippen molar-refractivity contribution in [3.63, 3.8) is 0 Å². The largest absolute Gasteiger partial charge is 0.323 e. The monoisotopic (exact) mass is 298 g/mol. The zero-order chi connectivity index (χ0) is 12.4. The Morgan fingerprint density at radius 2 is 2.29 bits per heavy atom. The minimum absolute atomic E-state index is 0.311. The maximum Gasteiger partial charge on any atom is 0.138 e. The normalized spacial score (nSPS) is 12.7. The van der Waals surface area contributed by atoms with Crippen molar-refractivity contribution in [2.24, 2.45) is 12.8 Å². The molecule has 2 N–H and O–H groups in total. The first kappa shape index (κ1) is 12.2. The number of aryl methyl sites for hydroxylation is 1. The summed E-state index contributed by atoms with van der Waals surface area (Å²) in [4.78, 5) is 4.07. The topological polar surface area (TPSA) is 56.7 Å². The fourth-order valence-electron chi connectivity index (χ4n) is 1.67. The van der Waals surface area contributed by atoms with Crippen molar-refractivity contribution in [2.45, 2.75) is 12.5 Å². The summed E-state index contributed by atoms with van der Waals surface area (Å²) < 4.78 is 16.0. The van der Waals surface area contributed by atoms with Gasteiger partial charge >= 0.3 is 0 Å². The highest BCUT2D eigenvalue weighted by Gasteiger charge is 2.17. The van der Waals surface area contributed by atoms with Crippen LogP contribution in [0.1, 0.15) is 17.4 Å². The Morgan fingerprint density at radius 3 is 2.88 bits per heavy atom. The van der Waals surface area contributed by atoms with E-state index >= 15 is 0 Å². The van der Waals surface area contributed by atoms with Gasteiger partial charge < -0.3 is 5.73 Å². The molecule has 1 heterocycles. The van der Waals surface area contributed by atoms with Crippen molar-refractivity contribution in [1.29, 1.82) is 0 Å². The van der Waals surface area contributed by atoms with E-state index in [-0.39, 0.29) is 5.82 Å². The second kappa shape index (κ2) is 4.93. The molecule has 1 aromatic heterocycles. The van der Waals surface area contributed by atoms with Crippen LogP contribution in [0.5, 0.6) is 0 Å². The molecule has 0 saturated heterocycles. The molecule has 4 nitrogen and oxygen atoms in total. The molecule has 0 radical (unpaired) electrons. The summed E-state index contributed by atoms with van der Waals surface area (Å²) in [5.41, 5.74) is 6.47. The lowest BCUT2D eigenvalue weighted by Crippen LogP contribution is -2.18. The van der Waals surface area contributed by atoms with Crippen molar-refractivity contribution in [2.75, 3.05) is 0 Å². The molecule has 0 amide bonds. The van der Waals surface area contributed by atoms with Gasteiger partial charge in [0.15, 0.2) is 0 Å². The number of halogens is 2. The molecule has 0 bridgehead atoms. The molecule has 0 aliphatic rings. The lowest BCUT2D eigenvalue weighted by molar-refractivity contribution is 0.562. The Morgan fingerprint density at radius 1 is 1.53 bits per heavy atom. The van der Waals surface area contributed by atoms with Gasteiger partial charge in [0, 0.05) is 29.5 Å². The summed E-state index contributed by atoms with van der Waals surface area (Å²) in [5.74, 6) is 0.418. The third kappa shape index (κ3) is 2.53. The van der Waals surface area contributed by atoms with Crippen LogP contribution in [-0.2, 0) is 13.5 Å². The molecule has 1 unspecified atom stereocenters. The lowest BCUT2D eigenvalue weighted by atomic mass is 10.0. The molecule has 1 atom stereocenters. The van der Waals surface area contributed by atoms with Crippen LogP contribution in [0.15, 0.2) is 29.0 Å². The van der Waals surface area contributed by atoms with E-state index in [2.05, 4.69) is 26.0 Å². The smallest absolute Gasteiger partial charge is 0.138 e. The maximum absolute atomic E-state index is 13.7.